The maximum Gasteiger partial charge on any atom is 0.267 e. The normalized spacial score (nSPS) is 10.5. The monoisotopic (exact) mass is 281 g/mol. The van der Waals surface area contributed by atoms with Crippen molar-refractivity contribution in [2.24, 2.45) is 5.73 Å². The molecule has 0 aliphatic rings. The zero-order valence-corrected chi connectivity index (χ0v) is 10.8. The third-order valence-electron chi connectivity index (χ3n) is 2.59. The number of nitrogens with one attached hydrogen (secondary N) is 2. The van der Waals surface area contributed by atoms with Crippen LogP contribution in [-0.4, -0.2) is 24.0 Å². The molecule has 0 aliphatic carbocycles. The van der Waals surface area contributed by atoms with E-state index in [4.69, 9.17) is 17.3 Å². The predicted octanol–water partition coefficient (Wildman–Crippen LogP) is 2.16. The number of carbonyl (C=O) groups excluding carboxylic acids is 1. The summed E-state index contributed by atoms with van der Waals surface area (Å²) >= 11 is 5.62. The first-order valence-corrected chi connectivity index (χ1v) is 6.12. The summed E-state index contributed by atoms with van der Waals surface area (Å²) in [5.74, 6) is -0.742. The molecule has 1 aromatic heterocycles. The van der Waals surface area contributed by atoms with Crippen molar-refractivity contribution < 1.29 is 9.18 Å². The van der Waals surface area contributed by atoms with Gasteiger partial charge < -0.3 is 16.0 Å². The zero-order valence-electron chi connectivity index (χ0n) is 10.0. The molecule has 6 heteroatoms. The lowest BCUT2D eigenvalue weighted by atomic mass is 10.1. The van der Waals surface area contributed by atoms with Gasteiger partial charge in [-0.25, -0.2) is 4.39 Å². The second-order valence-corrected chi connectivity index (χ2v) is 4.37. The van der Waals surface area contributed by atoms with E-state index in [0.717, 1.165) is 0 Å². The van der Waals surface area contributed by atoms with Gasteiger partial charge in [0, 0.05) is 24.3 Å². The number of carbonyl (C=O) groups is 1. The van der Waals surface area contributed by atoms with E-state index in [2.05, 4.69) is 10.3 Å². The van der Waals surface area contributed by atoms with Gasteiger partial charge in [-0.05, 0) is 24.3 Å². The Bertz CT molecular complexity index is 597. The van der Waals surface area contributed by atoms with Gasteiger partial charge in [0.15, 0.2) is 0 Å². The molecule has 1 amide bonds. The van der Waals surface area contributed by atoms with Gasteiger partial charge in [-0.1, -0.05) is 17.7 Å². The van der Waals surface area contributed by atoms with Crippen LogP contribution in [0.1, 0.15) is 10.5 Å². The highest BCUT2D eigenvalue weighted by Gasteiger charge is 2.09. The first-order valence-electron chi connectivity index (χ1n) is 5.74. The SMILES string of the molecule is NCCNC(=O)c1ccc(-c2ccc(Cl)c(F)c2)[nH]1. The molecule has 1 aromatic carbocycles. The first-order chi connectivity index (χ1) is 9.11. The van der Waals surface area contributed by atoms with Crippen LogP contribution in [0.4, 0.5) is 4.39 Å². The van der Waals surface area contributed by atoms with Gasteiger partial charge in [-0.15, -0.1) is 0 Å². The highest BCUT2D eigenvalue weighted by Crippen LogP contribution is 2.23. The Morgan fingerprint density at radius 1 is 1.37 bits per heavy atom. The molecule has 19 heavy (non-hydrogen) atoms. The Morgan fingerprint density at radius 3 is 2.84 bits per heavy atom. The van der Waals surface area contributed by atoms with Crippen LogP contribution in [0.15, 0.2) is 30.3 Å². The molecular formula is C13H13ClFN3O. The lowest BCUT2D eigenvalue weighted by Crippen LogP contribution is -2.29. The molecule has 4 nitrogen and oxygen atoms in total. The number of nitrogens with two attached hydrogens (primary N) is 1. The van der Waals surface area contributed by atoms with Crippen molar-refractivity contribution in [3.63, 3.8) is 0 Å². The molecule has 0 atom stereocenters. The molecule has 0 saturated carbocycles. The van der Waals surface area contributed by atoms with Crippen LogP contribution in [0.5, 0.6) is 0 Å². The van der Waals surface area contributed by atoms with Crippen LogP contribution in [0, 0.1) is 5.82 Å². The number of benzene rings is 1. The summed E-state index contributed by atoms with van der Waals surface area (Å²) in [4.78, 5) is 14.6. The molecule has 1 heterocycles. The van der Waals surface area contributed by atoms with Gasteiger partial charge in [-0.2, -0.15) is 0 Å². The molecule has 0 bridgehead atoms. The Morgan fingerprint density at radius 2 is 2.16 bits per heavy atom. The van der Waals surface area contributed by atoms with Crippen LogP contribution >= 0.6 is 11.6 Å². The predicted molar refractivity (Wildman–Crippen MR) is 72.6 cm³/mol. The number of hydrogen-bond acceptors (Lipinski definition) is 2. The van der Waals surface area contributed by atoms with E-state index in [0.29, 0.717) is 30.0 Å². The van der Waals surface area contributed by atoms with E-state index in [-0.39, 0.29) is 10.9 Å². The van der Waals surface area contributed by atoms with Gasteiger partial charge in [0.25, 0.3) is 5.91 Å². The maximum atomic E-state index is 13.4. The number of rotatable bonds is 4. The second kappa shape index (κ2) is 5.86. The summed E-state index contributed by atoms with van der Waals surface area (Å²) in [5.41, 5.74) is 6.98. The van der Waals surface area contributed by atoms with Crippen LogP contribution in [0.25, 0.3) is 11.3 Å². The van der Waals surface area contributed by atoms with Gasteiger partial charge in [0.2, 0.25) is 0 Å². The summed E-state index contributed by atoms with van der Waals surface area (Å²) in [7, 11) is 0. The molecule has 0 aliphatic heterocycles. The van der Waals surface area contributed by atoms with E-state index in [1.807, 2.05) is 0 Å². The zero-order chi connectivity index (χ0) is 13.8. The fourth-order valence-corrected chi connectivity index (χ4v) is 1.76. The molecule has 0 spiro atoms. The second-order valence-electron chi connectivity index (χ2n) is 3.96. The Hall–Kier alpha value is -1.85. The van der Waals surface area contributed by atoms with E-state index in [1.165, 1.54) is 12.1 Å². The summed E-state index contributed by atoms with van der Waals surface area (Å²) in [6, 6.07) is 7.81. The number of hydrogen-bond donors (Lipinski definition) is 3. The van der Waals surface area contributed by atoms with Gasteiger partial charge >= 0.3 is 0 Å². The number of aromatic amines is 1. The molecule has 2 rings (SSSR count). The Balaban J connectivity index is 2.20. The van der Waals surface area contributed by atoms with Gasteiger partial charge in [-0.3, -0.25) is 4.79 Å². The van der Waals surface area contributed by atoms with Crippen molar-refractivity contribution in [1.29, 1.82) is 0 Å². The minimum absolute atomic E-state index is 0.0659. The van der Waals surface area contributed by atoms with Crippen LogP contribution in [0.3, 0.4) is 0 Å². The summed E-state index contributed by atoms with van der Waals surface area (Å²) in [6.45, 7) is 0.782. The summed E-state index contributed by atoms with van der Waals surface area (Å²) in [6.07, 6.45) is 0. The molecule has 0 fully saturated rings. The summed E-state index contributed by atoms with van der Waals surface area (Å²) < 4.78 is 13.4. The van der Waals surface area contributed by atoms with Gasteiger partial charge in [0.05, 0.1) is 5.02 Å². The van der Waals surface area contributed by atoms with Crippen molar-refractivity contribution in [3.8, 4) is 11.3 Å². The number of aromatic nitrogens is 1. The lowest BCUT2D eigenvalue weighted by Gasteiger charge is -2.02. The molecular weight excluding hydrogens is 269 g/mol. The molecule has 2 aromatic rings. The topological polar surface area (TPSA) is 70.9 Å². The van der Waals surface area contributed by atoms with Crippen molar-refractivity contribution in [1.82, 2.24) is 10.3 Å². The van der Waals surface area contributed by atoms with Crippen molar-refractivity contribution >= 4 is 17.5 Å². The highest BCUT2D eigenvalue weighted by atomic mass is 35.5. The lowest BCUT2D eigenvalue weighted by molar-refractivity contribution is 0.0950. The Kier molecular flexibility index (Phi) is 4.19. The van der Waals surface area contributed by atoms with Gasteiger partial charge in [0.1, 0.15) is 11.5 Å². The van der Waals surface area contributed by atoms with E-state index >= 15 is 0 Å². The van der Waals surface area contributed by atoms with E-state index < -0.39 is 5.82 Å². The minimum Gasteiger partial charge on any atom is -0.351 e. The fraction of sp³-hybridized carbons (Fsp3) is 0.154. The van der Waals surface area contributed by atoms with E-state index in [9.17, 15) is 9.18 Å². The third kappa shape index (κ3) is 3.13. The van der Waals surface area contributed by atoms with Crippen LogP contribution in [-0.2, 0) is 0 Å². The average molecular weight is 282 g/mol. The quantitative estimate of drug-likeness (QED) is 0.804. The van der Waals surface area contributed by atoms with Crippen LogP contribution in [0.2, 0.25) is 5.02 Å². The molecule has 0 saturated heterocycles. The third-order valence-corrected chi connectivity index (χ3v) is 2.90. The van der Waals surface area contributed by atoms with Crippen LogP contribution < -0.4 is 11.1 Å². The largest absolute Gasteiger partial charge is 0.351 e. The molecule has 0 radical (unpaired) electrons. The number of amides is 1. The van der Waals surface area contributed by atoms with Crippen molar-refractivity contribution in [2.45, 2.75) is 0 Å². The fourth-order valence-electron chi connectivity index (χ4n) is 1.64. The number of halogens is 2. The molecule has 4 N–H and O–H groups in total. The Labute approximate surface area is 114 Å². The number of H-pyrrole nitrogens is 1. The highest BCUT2D eigenvalue weighted by molar-refractivity contribution is 6.30. The molecule has 0 unspecified atom stereocenters. The van der Waals surface area contributed by atoms with E-state index in [1.54, 1.807) is 18.2 Å². The smallest absolute Gasteiger partial charge is 0.267 e. The average Bonchev–Trinajstić information content (AvgIpc) is 2.89. The van der Waals surface area contributed by atoms with Crippen molar-refractivity contribution in [3.05, 3.63) is 46.9 Å². The standard InChI is InChI=1S/C13H13ClFN3O/c14-9-2-1-8(7-10(9)15)11-3-4-12(18-11)13(19)17-6-5-16/h1-4,7,18H,5-6,16H2,(H,17,19). The summed E-state index contributed by atoms with van der Waals surface area (Å²) in [5, 5.41) is 2.71. The minimum atomic E-state index is -0.497. The van der Waals surface area contributed by atoms with Crippen molar-refractivity contribution in [2.75, 3.05) is 13.1 Å². The molecule has 100 valence electrons. The maximum absolute atomic E-state index is 13.4. The first kappa shape index (κ1) is 13.6.